The normalized spacial score (nSPS) is 18.9. The predicted molar refractivity (Wildman–Crippen MR) is 131 cm³/mol. The number of aryl methyl sites for hydroxylation is 1. The first-order chi connectivity index (χ1) is 16.1. The smallest absolute Gasteiger partial charge is 0.260 e. The van der Waals surface area contributed by atoms with Crippen LogP contribution in [0.2, 0.25) is 0 Å². The zero-order valence-corrected chi connectivity index (χ0v) is 19.5. The summed E-state index contributed by atoms with van der Waals surface area (Å²) in [4.78, 5) is 15.0. The van der Waals surface area contributed by atoms with Gasteiger partial charge in [-0.2, -0.15) is 0 Å². The zero-order valence-electron chi connectivity index (χ0n) is 19.5. The number of carbonyl (C=O) groups excluding carboxylic acids is 1. The summed E-state index contributed by atoms with van der Waals surface area (Å²) in [7, 11) is 0. The topological polar surface area (TPSA) is 41.6 Å². The van der Waals surface area contributed by atoms with Crippen molar-refractivity contribution >= 4 is 5.91 Å². The van der Waals surface area contributed by atoms with E-state index in [2.05, 4.69) is 83.9 Å². The summed E-state index contributed by atoms with van der Waals surface area (Å²) in [5, 5.41) is 3.04. The molecule has 1 saturated carbocycles. The van der Waals surface area contributed by atoms with E-state index >= 15 is 0 Å². The molecule has 1 N–H and O–H groups in total. The van der Waals surface area contributed by atoms with E-state index in [1.165, 1.54) is 27.8 Å². The van der Waals surface area contributed by atoms with Gasteiger partial charge in [0.25, 0.3) is 5.91 Å². The fourth-order valence-electron chi connectivity index (χ4n) is 4.76. The number of hydrogen-bond donors (Lipinski definition) is 1. The standard InChI is InChI=1S/C29H32N2O2/c1-20-7-6-8-22(17-20)19-31-16-15-23-11-14-26(33-21(2)29(32)30-25-12-13-25)18-27(23)28(31)24-9-4-3-5-10-24/h3-11,14,17-18,21,25,28H,12-13,15-16,19H2,1-2H3,(H,30,32)/t21-,28+/m1/s1. The van der Waals surface area contributed by atoms with Gasteiger partial charge in [0.1, 0.15) is 5.75 Å². The maximum Gasteiger partial charge on any atom is 0.260 e. The SMILES string of the molecule is Cc1cccc(CN2CCc3ccc(O[C@H](C)C(=O)NC4CC4)cc3[C@@H]2c2ccccc2)c1. The highest BCUT2D eigenvalue weighted by Gasteiger charge is 2.30. The number of ether oxygens (including phenoxy) is 1. The van der Waals surface area contributed by atoms with Gasteiger partial charge in [-0.1, -0.05) is 66.2 Å². The number of nitrogens with zero attached hydrogens (tertiary/aromatic N) is 1. The molecule has 2 atom stereocenters. The number of benzene rings is 3. The molecule has 1 heterocycles. The van der Waals surface area contributed by atoms with Crippen molar-refractivity contribution in [2.45, 2.75) is 57.8 Å². The van der Waals surface area contributed by atoms with Crippen LogP contribution in [0.1, 0.15) is 53.6 Å². The lowest BCUT2D eigenvalue weighted by Crippen LogP contribution is -2.38. The van der Waals surface area contributed by atoms with Gasteiger partial charge in [0, 0.05) is 19.1 Å². The number of amides is 1. The van der Waals surface area contributed by atoms with Gasteiger partial charge in [0.2, 0.25) is 0 Å². The van der Waals surface area contributed by atoms with Crippen molar-refractivity contribution in [1.29, 1.82) is 0 Å². The summed E-state index contributed by atoms with van der Waals surface area (Å²) >= 11 is 0. The number of hydrogen-bond acceptors (Lipinski definition) is 3. The maximum atomic E-state index is 12.4. The molecular weight excluding hydrogens is 408 g/mol. The lowest BCUT2D eigenvalue weighted by atomic mass is 9.87. The summed E-state index contributed by atoms with van der Waals surface area (Å²) in [5.74, 6) is 0.724. The van der Waals surface area contributed by atoms with Crippen LogP contribution in [0.5, 0.6) is 5.75 Å². The molecule has 0 unspecified atom stereocenters. The molecule has 4 nitrogen and oxygen atoms in total. The van der Waals surface area contributed by atoms with Gasteiger partial charge in [-0.3, -0.25) is 9.69 Å². The van der Waals surface area contributed by atoms with Crippen molar-refractivity contribution in [1.82, 2.24) is 10.2 Å². The molecule has 5 rings (SSSR count). The average Bonchev–Trinajstić information content (AvgIpc) is 3.63. The first kappa shape index (κ1) is 21.7. The van der Waals surface area contributed by atoms with Gasteiger partial charge in [0.05, 0.1) is 6.04 Å². The molecule has 0 saturated heterocycles. The third kappa shape index (κ3) is 5.12. The van der Waals surface area contributed by atoms with Crippen molar-refractivity contribution in [3.8, 4) is 5.75 Å². The maximum absolute atomic E-state index is 12.4. The predicted octanol–water partition coefficient (Wildman–Crippen LogP) is 5.19. The molecule has 2 aliphatic rings. The van der Waals surface area contributed by atoms with E-state index in [0.717, 1.165) is 38.1 Å². The summed E-state index contributed by atoms with van der Waals surface area (Å²) in [6, 6.07) is 26.3. The molecule has 1 amide bonds. The molecular formula is C29H32N2O2. The van der Waals surface area contributed by atoms with Crippen LogP contribution in [0.15, 0.2) is 72.8 Å². The molecule has 0 spiro atoms. The lowest BCUT2D eigenvalue weighted by molar-refractivity contribution is -0.127. The Morgan fingerprint density at radius 1 is 1.06 bits per heavy atom. The Balaban J connectivity index is 1.44. The third-order valence-electron chi connectivity index (χ3n) is 6.63. The van der Waals surface area contributed by atoms with Crippen molar-refractivity contribution in [2.24, 2.45) is 0 Å². The second-order valence-electron chi connectivity index (χ2n) is 9.43. The molecule has 1 aliphatic carbocycles. The fourth-order valence-corrected chi connectivity index (χ4v) is 4.76. The molecule has 0 bridgehead atoms. The number of carbonyl (C=O) groups is 1. The highest BCUT2D eigenvalue weighted by molar-refractivity contribution is 5.81. The number of nitrogens with one attached hydrogen (secondary N) is 1. The minimum atomic E-state index is -0.509. The Labute approximate surface area is 196 Å². The van der Waals surface area contributed by atoms with E-state index in [-0.39, 0.29) is 11.9 Å². The highest BCUT2D eigenvalue weighted by atomic mass is 16.5. The fraction of sp³-hybridized carbons (Fsp3) is 0.345. The largest absolute Gasteiger partial charge is 0.481 e. The minimum Gasteiger partial charge on any atom is -0.481 e. The van der Waals surface area contributed by atoms with Crippen LogP contribution < -0.4 is 10.1 Å². The van der Waals surface area contributed by atoms with Gasteiger partial charge in [0.15, 0.2) is 6.10 Å². The number of fused-ring (bicyclic) bond motifs is 1. The Morgan fingerprint density at radius 3 is 2.64 bits per heavy atom. The Morgan fingerprint density at radius 2 is 1.88 bits per heavy atom. The third-order valence-corrected chi connectivity index (χ3v) is 6.63. The summed E-state index contributed by atoms with van der Waals surface area (Å²) in [6.45, 7) is 5.87. The van der Waals surface area contributed by atoms with E-state index in [4.69, 9.17) is 4.74 Å². The Hall–Kier alpha value is -3.11. The van der Waals surface area contributed by atoms with E-state index in [9.17, 15) is 4.79 Å². The second-order valence-corrected chi connectivity index (χ2v) is 9.43. The van der Waals surface area contributed by atoms with Crippen molar-refractivity contribution in [3.63, 3.8) is 0 Å². The van der Waals surface area contributed by atoms with Crippen molar-refractivity contribution < 1.29 is 9.53 Å². The van der Waals surface area contributed by atoms with Gasteiger partial charge in [-0.15, -0.1) is 0 Å². The van der Waals surface area contributed by atoms with Crippen LogP contribution in [0.25, 0.3) is 0 Å². The molecule has 3 aromatic rings. The Kier molecular flexibility index (Phi) is 6.19. The van der Waals surface area contributed by atoms with Crippen molar-refractivity contribution in [2.75, 3.05) is 6.54 Å². The van der Waals surface area contributed by atoms with E-state index in [1.807, 2.05) is 13.0 Å². The first-order valence-electron chi connectivity index (χ1n) is 12.0. The second kappa shape index (κ2) is 9.40. The summed E-state index contributed by atoms with van der Waals surface area (Å²) in [5.41, 5.74) is 6.52. The van der Waals surface area contributed by atoms with E-state index < -0.39 is 6.10 Å². The molecule has 3 aromatic carbocycles. The molecule has 33 heavy (non-hydrogen) atoms. The number of rotatable bonds is 7. The van der Waals surface area contributed by atoms with Crippen LogP contribution >= 0.6 is 0 Å². The summed E-state index contributed by atoms with van der Waals surface area (Å²) in [6.07, 6.45) is 2.65. The van der Waals surface area contributed by atoms with Gasteiger partial charge >= 0.3 is 0 Å². The molecule has 1 aliphatic heterocycles. The first-order valence-corrected chi connectivity index (χ1v) is 12.0. The van der Waals surface area contributed by atoms with Crippen LogP contribution in [0.3, 0.4) is 0 Å². The van der Waals surface area contributed by atoms with Gasteiger partial charge in [-0.05, 0) is 67.5 Å². The van der Waals surface area contributed by atoms with E-state index in [0.29, 0.717) is 6.04 Å². The molecule has 0 aromatic heterocycles. The van der Waals surface area contributed by atoms with Crippen LogP contribution in [0, 0.1) is 6.92 Å². The van der Waals surface area contributed by atoms with Crippen molar-refractivity contribution in [3.05, 3.63) is 101 Å². The average molecular weight is 441 g/mol. The van der Waals surface area contributed by atoms with Crippen LogP contribution in [0.4, 0.5) is 0 Å². The lowest BCUT2D eigenvalue weighted by Gasteiger charge is -2.38. The van der Waals surface area contributed by atoms with Crippen LogP contribution in [-0.2, 0) is 17.8 Å². The van der Waals surface area contributed by atoms with Gasteiger partial charge < -0.3 is 10.1 Å². The molecule has 0 radical (unpaired) electrons. The highest BCUT2D eigenvalue weighted by Crippen LogP contribution is 2.38. The zero-order chi connectivity index (χ0) is 22.8. The minimum absolute atomic E-state index is 0.0316. The molecule has 170 valence electrons. The molecule has 1 fully saturated rings. The van der Waals surface area contributed by atoms with Crippen LogP contribution in [-0.4, -0.2) is 29.5 Å². The van der Waals surface area contributed by atoms with E-state index in [1.54, 1.807) is 0 Å². The quantitative estimate of drug-likeness (QED) is 0.550. The monoisotopic (exact) mass is 440 g/mol. The Bertz CT molecular complexity index is 1120. The summed E-state index contributed by atoms with van der Waals surface area (Å²) < 4.78 is 6.09. The van der Waals surface area contributed by atoms with Gasteiger partial charge in [-0.25, -0.2) is 0 Å². The molecule has 4 heteroatoms.